The van der Waals surface area contributed by atoms with Gasteiger partial charge in [0.25, 0.3) is 0 Å². The third-order valence-electron chi connectivity index (χ3n) is 3.25. The molecule has 0 aromatic carbocycles. The number of aromatic nitrogens is 1. The van der Waals surface area contributed by atoms with E-state index in [4.69, 9.17) is 10.5 Å². The molecule has 5 heteroatoms. The van der Waals surface area contributed by atoms with E-state index in [1.54, 1.807) is 12.4 Å². The second-order valence-electron chi connectivity index (χ2n) is 4.97. The van der Waals surface area contributed by atoms with E-state index in [1.807, 2.05) is 12.1 Å². The number of piperidine rings is 1. The normalized spacial score (nSPS) is 20.4. The van der Waals surface area contributed by atoms with E-state index in [2.05, 4.69) is 21.8 Å². The van der Waals surface area contributed by atoms with Crippen LogP contribution in [0.25, 0.3) is 0 Å². The summed E-state index contributed by atoms with van der Waals surface area (Å²) in [6.45, 7) is 5.38. The summed E-state index contributed by atoms with van der Waals surface area (Å²) in [6.07, 6.45) is 5.90. The van der Waals surface area contributed by atoms with Crippen molar-refractivity contribution in [2.24, 2.45) is 16.6 Å². The summed E-state index contributed by atoms with van der Waals surface area (Å²) >= 11 is 0. The number of ether oxygens (including phenoxy) is 1. The third kappa shape index (κ3) is 4.43. The molecule has 1 unspecified atom stereocenters. The topological polar surface area (TPSA) is 63.7 Å². The minimum absolute atomic E-state index is 0.524. The van der Waals surface area contributed by atoms with Gasteiger partial charge >= 0.3 is 0 Å². The molecule has 2 N–H and O–H groups in total. The first-order valence-electron chi connectivity index (χ1n) is 6.83. The minimum atomic E-state index is 0.524. The second kappa shape index (κ2) is 6.97. The summed E-state index contributed by atoms with van der Waals surface area (Å²) in [5, 5.41) is 0. The molecule has 0 saturated carbocycles. The van der Waals surface area contributed by atoms with E-state index in [1.165, 1.54) is 12.8 Å². The average molecular weight is 262 g/mol. The zero-order valence-electron chi connectivity index (χ0n) is 11.5. The number of rotatable bonds is 4. The smallest absolute Gasteiger partial charge is 0.191 e. The summed E-state index contributed by atoms with van der Waals surface area (Å²) < 4.78 is 5.52. The summed E-state index contributed by atoms with van der Waals surface area (Å²) in [5.41, 5.74) is 6.00. The highest BCUT2D eigenvalue weighted by atomic mass is 16.5. The number of hydrogen-bond donors (Lipinski definition) is 1. The second-order valence-corrected chi connectivity index (χ2v) is 4.97. The minimum Gasteiger partial charge on any atom is -0.490 e. The van der Waals surface area contributed by atoms with Gasteiger partial charge in [0.15, 0.2) is 5.96 Å². The monoisotopic (exact) mass is 262 g/mol. The van der Waals surface area contributed by atoms with Crippen LogP contribution in [0.1, 0.15) is 19.8 Å². The van der Waals surface area contributed by atoms with Crippen molar-refractivity contribution in [2.45, 2.75) is 19.8 Å². The van der Waals surface area contributed by atoms with Gasteiger partial charge in [0.05, 0.1) is 12.7 Å². The van der Waals surface area contributed by atoms with Crippen molar-refractivity contribution in [1.82, 2.24) is 9.88 Å². The molecule has 1 aliphatic rings. The molecule has 1 aromatic heterocycles. The molecule has 1 saturated heterocycles. The Hall–Kier alpha value is -1.78. The number of nitrogens with two attached hydrogens (primary N) is 1. The Labute approximate surface area is 114 Å². The molecule has 0 radical (unpaired) electrons. The Balaban J connectivity index is 1.72. The van der Waals surface area contributed by atoms with E-state index in [-0.39, 0.29) is 0 Å². The Kier molecular flexibility index (Phi) is 5.01. The van der Waals surface area contributed by atoms with Crippen LogP contribution in [0.2, 0.25) is 0 Å². The molecule has 0 aliphatic carbocycles. The summed E-state index contributed by atoms with van der Waals surface area (Å²) in [5.74, 6) is 2.11. The SMILES string of the molecule is CC1CCCN(C(N)=NCCOc2cccnc2)C1. The largest absolute Gasteiger partial charge is 0.490 e. The maximum absolute atomic E-state index is 6.00. The number of hydrogen-bond acceptors (Lipinski definition) is 3. The number of guanidine groups is 1. The molecule has 0 amide bonds. The lowest BCUT2D eigenvalue weighted by atomic mass is 10.0. The van der Waals surface area contributed by atoms with E-state index in [0.717, 1.165) is 18.8 Å². The van der Waals surface area contributed by atoms with Crippen molar-refractivity contribution in [3.63, 3.8) is 0 Å². The molecule has 0 bridgehead atoms. The highest BCUT2D eigenvalue weighted by molar-refractivity contribution is 5.78. The van der Waals surface area contributed by atoms with E-state index in [9.17, 15) is 0 Å². The van der Waals surface area contributed by atoms with Crippen LogP contribution in [0.3, 0.4) is 0 Å². The van der Waals surface area contributed by atoms with Gasteiger partial charge < -0.3 is 15.4 Å². The molecule has 1 atom stereocenters. The molecule has 19 heavy (non-hydrogen) atoms. The number of aliphatic imine (C=N–C) groups is 1. The Morgan fingerprint density at radius 1 is 1.63 bits per heavy atom. The Bertz CT molecular complexity index is 407. The van der Waals surface area contributed by atoms with Crippen LogP contribution in [0, 0.1) is 5.92 Å². The quantitative estimate of drug-likeness (QED) is 0.507. The van der Waals surface area contributed by atoms with Crippen LogP contribution >= 0.6 is 0 Å². The lowest BCUT2D eigenvalue weighted by molar-refractivity contribution is 0.269. The zero-order chi connectivity index (χ0) is 13.5. The first-order chi connectivity index (χ1) is 9.25. The van der Waals surface area contributed by atoms with Gasteiger partial charge in [-0.25, -0.2) is 4.99 Å². The molecule has 104 valence electrons. The first-order valence-corrected chi connectivity index (χ1v) is 6.83. The fourth-order valence-electron chi connectivity index (χ4n) is 2.25. The van der Waals surface area contributed by atoms with Gasteiger partial charge in [-0.3, -0.25) is 4.98 Å². The van der Waals surface area contributed by atoms with Crippen molar-refractivity contribution in [1.29, 1.82) is 0 Å². The van der Waals surface area contributed by atoms with Gasteiger partial charge in [-0.05, 0) is 30.9 Å². The number of pyridine rings is 1. The highest BCUT2D eigenvalue weighted by Crippen LogP contribution is 2.14. The van der Waals surface area contributed by atoms with Crippen molar-refractivity contribution in [3.05, 3.63) is 24.5 Å². The number of nitrogens with zero attached hydrogens (tertiary/aromatic N) is 3. The lowest BCUT2D eigenvalue weighted by Gasteiger charge is -2.31. The maximum Gasteiger partial charge on any atom is 0.191 e. The fraction of sp³-hybridized carbons (Fsp3) is 0.571. The zero-order valence-corrected chi connectivity index (χ0v) is 11.5. The van der Waals surface area contributed by atoms with Crippen molar-refractivity contribution < 1.29 is 4.74 Å². The van der Waals surface area contributed by atoms with E-state index >= 15 is 0 Å². The Morgan fingerprint density at radius 3 is 3.26 bits per heavy atom. The van der Waals surface area contributed by atoms with Crippen LogP contribution in [-0.2, 0) is 0 Å². The summed E-state index contributed by atoms with van der Waals surface area (Å²) in [7, 11) is 0. The standard InChI is InChI=1S/C14H22N4O/c1-12-4-3-8-18(11-12)14(15)17-7-9-19-13-5-2-6-16-10-13/h2,5-6,10,12H,3-4,7-9,11H2,1H3,(H2,15,17). The molecular formula is C14H22N4O. The van der Waals surface area contributed by atoms with Crippen LogP contribution in [-0.4, -0.2) is 42.1 Å². The van der Waals surface area contributed by atoms with Gasteiger partial charge in [0, 0.05) is 19.3 Å². The molecule has 2 heterocycles. The van der Waals surface area contributed by atoms with Crippen LogP contribution in [0.5, 0.6) is 5.75 Å². The summed E-state index contributed by atoms with van der Waals surface area (Å²) in [6, 6.07) is 3.73. The van der Waals surface area contributed by atoms with Gasteiger partial charge in [-0.15, -0.1) is 0 Å². The van der Waals surface area contributed by atoms with Crippen molar-refractivity contribution in [2.75, 3.05) is 26.2 Å². The van der Waals surface area contributed by atoms with Gasteiger partial charge in [0.2, 0.25) is 0 Å². The van der Waals surface area contributed by atoms with E-state index in [0.29, 0.717) is 25.0 Å². The maximum atomic E-state index is 6.00. The first kappa shape index (κ1) is 13.6. The van der Waals surface area contributed by atoms with Crippen molar-refractivity contribution >= 4 is 5.96 Å². The summed E-state index contributed by atoms with van der Waals surface area (Å²) in [4.78, 5) is 10.5. The molecule has 1 aromatic rings. The van der Waals surface area contributed by atoms with Gasteiger partial charge in [-0.2, -0.15) is 0 Å². The molecule has 1 fully saturated rings. The van der Waals surface area contributed by atoms with Crippen LogP contribution in [0.4, 0.5) is 0 Å². The third-order valence-corrected chi connectivity index (χ3v) is 3.25. The lowest BCUT2D eigenvalue weighted by Crippen LogP contribution is -2.43. The highest BCUT2D eigenvalue weighted by Gasteiger charge is 2.17. The average Bonchev–Trinajstić information content (AvgIpc) is 2.44. The predicted octanol–water partition coefficient (Wildman–Crippen LogP) is 1.51. The van der Waals surface area contributed by atoms with Gasteiger partial charge in [0.1, 0.15) is 12.4 Å². The molecule has 1 aliphatic heterocycles. The van der Waals surface area contributed by atoms with Gasteiger partial charge in [-0.1, -0.05) is 6.92 Å². The van der Waals surface area contributed by atoms with Crippen LogP contribution < -0.4 is 10.5 Å². The number of likely N-dealkylation sites (tertiary alicyclic amines) is 1. The predicted molar refractivity (Wildman–Crippen MR) is 76.2 cm³/mol. The fourth-order valence-corrected chi connectivity index (χ4v) is 2.25. The molecule has 0 spiro atoms. The van der Waals surface area contributed by atoms with E-state index < -0.39 is 0 Å². The molecule has 2 rings (SSSR count). The molecule has 5 nitrogen and oxygen atoms in total. The van der Waals surface area contributed by atoms with Crippen molar-refractivity contribution in [3.8, 4) is 5.75 Å². The van der Waals surface area contributed by atoms with Crippen LogP contribution in [0.15, 0.2) is 29.5 Å². The molecular weight excluding hydrogens is 240 g/mol. The Morgan fingerprint density at radius 2 is 2.53 bits per heavy atom.